The van der Waals surface area contributed by atoms with Crippen molar-refractivity contribution >= 4 is 23.3 Å². The predicted octanol–water partition coefficient (Wildman–Crippen LogP) is 1.89. The first kappa shape index (κ1) is 15.3. The van der Waals surface area contributed by atoms with Crippen molar-refractivity contribution in [3.05, 3.63) is 35.8 Å². The standard InChI is InChI=1S/C16H18FN3O3/c1-2-23-16(22)20-7-5-19(6-8-20)10-13-12-9-11(17)3-4-14(12)18-15(13)21/h3-4,9-10H,2,5-8H2,1H3,(H,18,21)/b13-10+. The van der Waals surface area contributed by atoms with Crippen LogP contribution in [0.5, 0.6) is 0 Å². The highest BCUT2D eigenvalue weighted by Gasteiger charge is 2.27. The van der Waals surface area contributed by atoms with Crippen LogP contribution >= 0.6 is 0 Å². The van der Waals surface area contributed by atoms with E-state index < -0.39 is 0 Å². The second-order valence-corrected chi connectivity index (χ2v) is 5.41. The summed E-state index contributed by atoms with van der Waals surface area (Å²) in [7, 11) is 0. The Balaban J connectivity index is 1.71. The summed E-state index contributed by atoms with van der Waals surface area (Å²) in [6, 6.07) is 4.23. The number of halogens is 1. The van der Waals surface area contributed by atoms with Gasteiger partial charge in [-0.3, -0.25) is 4.79 Å². The Labute approximate surface area is 133 Å². The van der Waals surface area contributed by atoms with E-state index in [2.05, 4.69) is 5.32 Å². The first-order valence-corrected chi connectivity index (χ1v) is 7.57. The average molecular weight is 319 g/mol. The molecule has 1 aromatic carbocycles. The number of ether oxygens (including phenoxy) is 1. The Bertz CT molecular complexity index is 667. The van der Waals surface area contributed by atoms with Crippen molar-refractivity contribution in [2.75, 3.05) is 38.1 Å². The van der Waals surface area contributed by atoms with E-state index in [9.17, 15) is 14.0 Å². The van der Waals surface area contributed by atoms with Gasteiger partial charge in [0.1, 0.15) is 5.82 Å². The highest BCUT2D eigenvalue weighted by molar-refractivity contribution is 6.31. The number of nitrogens with one attached hydrogen (secondary N) is 1. The summed E-state index contributed by atoms with van der Waals surface area (Å²) in [6.45, 7) is 4.38. The van der Waals surface area contributed by atoms with Gasteiger partial charge in [0.15, 0.2) is 0 Å². The van der Waals surface area contributed by atoms with Gasteiger partial charge >= 0.3 is 6.09 Å². The van der Waals surface area contributed by atoms with Crippen molar-refractivity contribution < 1.29 is 18.7 Å². The van der Waals surface area contributed by atoms with Crippen LogP contribution in [0.2, 0.25) is 0 Å². The maximum Gasteiger partial charge on any atom is 0.409 e. The zero-order valence-electron chi connectivity index (χ0n) is 12.8. The molecule has 7 heteroatoms. The molecule has 0 atom stereocenters. The van der Waals surface area contributed by atoms with E-state index in [1.54, 1.807) is 24.1 Å². The van der Waals surface area contributed by atoms with Crippen molar-refractivity contribution in [2.24, 2.45) is 0 Å². The van der Waals surface area contributed by atoms with Crippen molar-refractivity contribution in [1.82, 2.24) is 9.80 Å². The van der Waals surface area contributed by atoms with Crippen LogP contribution < -0.4 is 5.32 Å². The van der Waals surface area contributed by atoms with Gasteiger partial charge in [-0.05, 0) is 25.1 Å². The average Bonchev–Trinajstić information content (AvgIpc) is 2.84. The molecule has 2 heterocycles. The molecule has 2 aliphatic rings. The normalized spacial score (nSPS) is 18.9. The minimum atomic E-state index is -0.377. The molecule has 1 saturated heterocycles. The zero-order chi connectivity index (χ0) is 16.4. The van der Waals surface area contributed by atoms with Gasteiger partial charge in [0, 0.05) is 43.6 Å². The molecule has 2 amide bonds. The minimum absolute atomic E-state index is 0.238. The maximum atomic E-state index is 13.4. The van der Waals surface area contributed by atoms with Gasteiger partial charge in [-0.15, -0.1) is 0 Å². The molecular weight excluding hydrogens is 301 g/mol. The molecule has 1 N–H and O–H groups in total. The number of anilines is 1. The monoisotopic (exact) mass is 319 g/mol. The van der Waals surface area contributed by atoms with Crippen molar-refractivity contribution in [3.8, 4) is 0 Å². The predicted molar refractivity (Wildman–Crippen MR) is 83.2 cm³/mol. The van der Waals surface area contributed by atoms with Gasteiger partial charge in [-0.2, -0.15) is 0 Å². The van der Waals surface area contributed by atoms with Crippen LogP contribution in [0.4, 0.5) is 14.9 Å². The lowest BCUT2D eigenvalue weighted by molar-refractivity contribution is -0.110. The van der Waals surface area contributed by atoms with Crippen LogP contribution in [0, 0.1) is 5.82 Å². The second-order valence-electron chi connectivity index (χ2n) is 5.41. The number of rotatable bonds is 2. The molecule has 0 unspecified atom stereocenters. The molecule has 6 nitrogen and oxygen atoms in total. The number of hydrogen-bond acceptors (Lipinski definition) is 4. The Hall–Kier alpha value is -2.57. The minimum Gasteiger partial charge on any atom is -0.450 e. The second kappa shape index (κ2) is 6.28. The van der Waals surface area contributed by atoms with Crippen LogP contribution in [0.25, 0.3) is 5.57 Å². The quantitative estimate of drug-likeness (QED) is 0.846. The Morgan fingerprint density at radius 2 is 2.09 bits per heavy atom. The molecule has 0 aliphatic carbocycles. The summed E-state index contributed by atoms with van der Waals surface area (Å²) in [5.74, 6) is -0.614. The number of carbonyl (C=O) groups excluding carboxylic acids is 2. The smallest absolute Gasteiger partial charge is 0.409 e. The van der Waals surface area contributed by atoms with Gasteiger partial charge in [-0.25, -0.2) is 9.18 Å². The van der Waals surface area contributed by atoms with E-state index in [0.29, 0.717) is 49.6 Å². The fraction of sp³-hybridized carbons (Fsp3) is 0.375. The third kappa shape index (κ3) is 3.13. The van der Waals surface area contributed by atoms with Crippen LogP contribution in [0.3, 0.4) is 0 Å². The van der Waals surface area contributed by atoms with E-state index in [1.807, 2.05) is 4.90 Å². The molecule has 0 radical (unpaired) electrons. The Kier molecular flexibility index (Phi) is 4.18. The lowest BCUT2D eigenvalue weighted by atomic mass is 10.1. The molecule has 0 saturated carbocycles. The van der Waals surface area contributed by atoms with Gasteiger partial charge in [0.05, 0.1) is 12.2 Å². The number of amides is 2. The molecule has 0 spiro atoms. The van der Waals surface area contributed by atoms with Crippen molar-refractivity contribution in [1.29, 1.82) is 0 Å². The third-order valence-corrected chi connectivity index (χ3v) is 3.92. The number of piperazine rings is 1. The molecule has 0 bridgehead atoms. The van der Waals surface area contributed by atoms with E-state index in [0.717, 1.165) is 0 Å². The number of carbonyl (C=O) groups is 2. The first-order chi connectivity index (χ1) is 11.1. The summed E-state index contributed by atoms with van der Waals surface area (Å²) in [5, 5.41) is 2.72. The number of benzene rings is 1. The van der Waals surface area contributed by atoms with Gasteiger partial charge < -0.3 is 19.9 Å². The molecule has 3 rings (SSSR count). The molecule has 23 heavy (non-hydrogen) atoms. The van der Waals surface area contributed by atoms with E-state index in [4.69, 9.17) is 4.74 Å². The first-order valence-electron chi connectivity index (χ1n) is 7.57. The lowest BCUT2D eigenvalue weighted by Crippen LogP contribution is -2.47. The summed E-state index contributed by atoms with van der Waals surface area (Å²) in [6.07, 6.45) is 1.43. The molecule has 122 valence electrons. The summed E-state index contributed by atoms with van der Waals surface area (Å²) >= 11 is 0. The Morgan fingerprint density at radius 3 is 2.78 bits per heavy atom. The van der Waals surface area contributed by atoms with Crippen LogP contribution in [0.15, 0.2) is 24.4 Å². The van der Waals surface area contributed by atoms with Crippen molar-refractivity contribution in [3.63, 3.8) is 0 Å². The van der Waals surface area contributed by atoms with E-state index in [-0.39, 0.29) is 17.8 Å². The molecular formula is C16H18FN3O3. The fourth-order valence-corrected chi connectivity index (χ4v) is 2.72. The molecule has 0 aromatic heterocycles. The largest absolute Gasteiger partial charge is 0.450 e. The van der Waals surface area contributed by atoms with Crippen molar-refractivity contribution in [2.45, 2.75) is 6.92 Å². The number of hydrogen-bond donors (Lipinski definition) is 1. The van der Waals surface area contributed by atoms with Crippen LogP contribution in [0.1, 0.15) is 12.5 Å². The third-order valence-electron chi connectivity index (χ3n) is 3.92. The molecule has 2 aliphatic heterocycles. The van der Waals surface area contributed by atoms with E-state index in [1.165, 1.54) is 12.1 Å². The number of fused-ring (bicyclic) bond motifs is 1. The van der Waals surface area contributed by atoms with Gasteiger partial charge in [-0.1, -0.05) is 0 Å². The lowest BCUT2D eigenvalue weighted by Gasteiger charge is -2.33. The summed E-state index contributed by atoms with van der Waals surface area (Å²) < 4.78 is 18.4. The molecule has 1 aromatic rings. The fourth-order valence-electron chi connectivity index (χ4n) is 2.72. The number of nitrogens with zero attached hydrogens (tertiary/aromatic N) is 2. The maximum absolute atomic E-state index is 13.4. The summed E-state index contributed by atoms with van der Waals surface area (Å²) in [5.41, 5.74) is 1.64. The highest BCUT2D eigenvalue weighted by Crippen LogP contribution is 2.32. The topological polar surface area (TPSA) is 61.9 Å². The van der Waals surface area contributed by atoms with Crippen LogP contribution in [-0.4, -0.2) is 54.6 Å². The van der Waals surface area contributed by atoms with Crippen LogP contribution in [-0.2, 0) is 9.53 Å². The van der Waals surface area contributed by atoms with Gasteiger partial charge in [0.25, 0.3) is 5.91 Å². The highest BCUT2D eigenvalue weighted by atomic mass is 19.1. The SMILES string of the molecule is CCOC(=O)N1CCN(/C=C2/C(=O)Nc3ccc(F)cc32)CC1. The van der Waals surface area contributed by atoms with E-state index >= 15 is 0 Å². The summed E-state index contributed by atoms with van der Waals surface area (Å²) in [4.78, 5) is 27.3. The Morgan fingerprint density at radius 1 is 1.35 bits per heavy atom. The van der Waals surface area contributed by atoms with Gasteiger partial charge in [0.2, 0.25) is 0 Å². The zero-order valence-corrected chi connectivity index (χ0v) is 12.8. The molecule has 1 fully saturated rings.